The van der Waals surface area contributed by atoms with Crippen molar-refractivity contribution in [3.05, 3.63) is 29.3 Å². The van der Waals surface area contributed by atoms with Gasteiger partial charge < -0.3 is 20.1 Å². The predicted octanol–water partition coefficient (Wildman–Crippen LogP) is 3.28. The van der Waals surface area contributed by atoms with E-state index in [2.05, 4.69) is 47.7 Å². The lowest BCUT2D eigenvalue weighted by Crippen LogP contribution is -2.39. The molecule has 0 aliphatic heterocycles. The fourth-order valence-electron chi connectivity index (χ4n) is 2.26. The van der Waals surface area contributed by atoms with Crippen molar-refractivity contribution in [2.45, 2.75) is 33.6 Å². The van der Waals surface area contributed by atoms with Crippen molar-refractivity contribution in [1.29, 1.82) is 0 Å². The minimum Gasteiger partial charge on any atom is -0.492 e. The number of nitrogens with one attached hydrogen (secondary N) is 2. The number of ether oxygens (including phenoxy) is 2. The van der Waals surface area contributed by atoms with Gasteiger partial charge in [0.15, 0.2) is 5.96 Å². The second-order valence-electron chi connectivity index (χ2n) is 5.50. The van der Waals surface area contributed by atoms with Crippen molar-refractivity contribution in [3.8, 4) is 5.75 Å². The molecular formula is C18H32IN3O2. The summed E-state index contributed by atoms with van der Waals surface area (Å²) in [5.74, 6) is 1.73. The van der Waals surface area contributed by atoms with Gasteiger partial charge >= 0.3 is 0 Å². The molecule has 0 aliphatic carbocycles. The van der Waals surface area contributed by atoms with Crippen molar-refractivity contribution in [1.82, 2.24) is 10.6 Å². The molecule has 6 heteroatoms. The van der Waals surface area contributed by atoms with Crippen LogP contribution < -0.4 is 15.4 Å². The van der Waals surface area contributed by atoms with E-state index in [0.717, 1.165) is 44.3 Å². The van der Waals surface area contributed by atoms with Crippen LogP contribution in [-0.4, -0.2) is 45.9 Å². The molecule has 0 atom stereocenters. The lowest BCUT2D eigenvalue weighted by atomic mass is 10.1. The van der Waals surface area contributed by atoms with Gasteiger partial charge in [-0.25, -0.2) is 0 Å². The minimum absolute atomic E-state index is 0. The Morgan fingerprint density at radius 3 is 2.29 bits per heavy atom. The monoisotopic (exact) mass is 449 g/mol. The summed E-state index contributed by atoms with van der Waals surface area (Å²) >= 11 is 0. The van der Waals surface area contributed by atoms with Gasteiger partial charge in [-0.05, 0) is 56.9 Å². The Morgan fingerprint density at radius 2 is 1.67 bits per heavy atom. The molecule has 1 aromatic carbocycles. The molecule has 0 spiro atoms. The van der Waals surface area contributed by atoms with Crippen molar-refractivity contribution in [2.24, 2.45) is 4.99 Å². The molecule has 1 aromatic rings. The van der Waals surface area contributed by atoms with Crippen molar-refractivity contribution in [2.75, 3.05) is 40.0 Å². The highest BCUT2D eigenvalue weighted by Gasteiger charge is 1.99. The van der Waals surface area contributed by atoms with E-state index in [1.807, 2.05) is 6.92 Å². The van der Waals surface area contributed by atoms with E-state index < -0.39 is 0 Å². The zero-order valence-electron chi connectivity index (χ0n) is 15.4. The van der Waals surface area contributed by atoms with Crippen LogP contribution in [0.3, 0.4) is 0 Å². The summed E-state index contributed by atoms with van der Waals surface area (Å²) in [6, 6.07) is 6.25. The van der Waals surface area contributed by atoms with Gasteiger partial charge in [0.2, 0.25) is 0 Å². The first kappa shape index (κ1) is 23.0. The Kier molecular flexibility index (Phi) is 13.7. The normalized spacial score (nSPS) is 10.9. The summed E-state index contributed by atoms with van der Waals surface area (Å²) in [4.78, 5) is 4.20. The van der Waals surface area contributed by atoms with Crippen molar-refractivity contribution >= 4 is 29.9 Å². The van der Waals surface area contributed by atoms with Crippen LogP contribution in [0.4, 0.5) is 0 Å². The first-order valence-electron chi connectivity index (χ1n) is 8.39. The van der Waals surface area contributed by atoms with E-state index in [9.17, 15) is 0 Å². The number of hydrogen-bond donors (Lipinski definition) is 2. The van der Waals surface area contributed by atoms with Gasteiger partial charge in [0.25, 0.3) is 0 Å². The van der Waals surface area contributed by atoms with Crippen LogP contribution in [0.25, 0.3) is 0 Å². The van der Waals surface area contributed by atoms with Gasteiger partial charge in [-0.2, -0.15) is 0 Å². The molecule has 0 aromatic heterocycles. The molecule has 2 N–H and O–H groups in total. The topological polar surface area (TPSA) is 54.9 Å². The molecular weight excluding hydrogens is 417 g/mol. The molecule has 5 nitrogen and oxygen atoms in total. The Hall–Kier alpha value is -1.02. The summed E-state index contributed by atoms with van der Waals surface area (Å²) in [5.41, 5.74) is 2.44. The average molecular weight is 449 g/mol. The molecule has 0 saturated heterocycles. The lowest BCUT2D eigenvalue weighted by Gasteiger charge is -2.13. The Bertz CT molecular complexity index is 461. The highest BCUT2D eigenvalue weighted by molar-refractivity contribution is 14.0. The third-order valence-corrected chi connectivity index (χ3v) is 3.29. The molecule has 138 valence electrons. The number of halogens is 1. The third-order valence-electron chi connectivity index (χ3n) is 3.29. The molecule has 0 unspecified atom stereocenters. The highest BCUT2D eigenvalue weighted by Crippen LogP contribution is 2.15. The SMILES string of the molecule is CCOCCCCNC(=NC)NCCOc1cc(C)cc(C)c1.I. The smallest absolute Gasteiger partial charge is 0.191 e. The van der Waals surface area contributed by atoms with Gasteiger partial charge in [-0.1, -0.05) is 6.07 Å². The molecule has 0 saturated carbocycles. The molecule has 0 aliphatic rings. The summed E-state index contributed by atoms with van der Waals surface area (Å²) in [5, 5.41) is 6.54. The van der Waals surface area contributed by atoms with E-state index in [4.69, 9.17) is 9.47 Å². The Balaban J connectivity index is 0.00000529. The second-order valence-corrected chi connectivity index (χ2v) is 5.50. The van der Waals surface area contributed by atoms with E-state index >= 15 is 0 Å². The summed E-state index contributed by atoms with van der Waals surface area (Å²) in [7, 11) is 1.78. The van der Waals surface area contributed by atoms with Crippen molar-refractivity contribution in [3.63, 3.8) is 0 Å². The van der Waals surface area contributed by atoms with Gasteiger partial charge in [0, 0.05) is 26.8 Å². The predicted molar refractivity (Wildman–Crippen MR) is 112 cm³/mol. The number of hydrogen-bond acceptors (Lipinski definition) is 3. The van der Waals surface area contributed by atoms with Gasteiger partial charge in [0.1, 0.15) is 12.4 Å². The zero-order valence-corrected chi connectivity index (χ0v) is 17.7. The van der Waals surface area contributed by atoms with Crippen molar-refractivity contribution < 1.29 is 9.47 Å². The number of rotatable bonds is 10. The second kappa shape index (κ2) is 14.3. The summed E-state index contributed by atoms with van der Waals surface area (Å²) < 4.78 is 11.1. The first-order valence-corrected chi connectivity index (χ1v) is 8.39. The Morgan fingerprint density at radius 1 is 1.00 bits per heavy atom. The van der Waals surface area contributed by atoms with Crippen LogP contribution >= 0.6 is 24.0 Å². The third kappa shape index (κ3) is 10.7. The highest BCUT2D eigenvalue weighted by atomic mass is 127. The molecule has 0 bridgehead atoms. The number of aryl methyl sites for hydroxylation is 2. The summed E-state index contributed by atoms with van der Waals surface area (Å²) in [6.45, 7) is 10.0. The number of nitrogens with zero attached hydrogens (tertiary/aromatic N) is 1. The number of benzene rings is 1. The largest absolute Gasteiger partial charge is 0.492 e. The minimum atomic E-state index is 0. The standard InChI is InChI=1S/C18H31N3O2.HI/c1-5-22-10-7-6-8-20-18(19-4)21-9-11-23-17-13-15(2)12-16(3)14-17;/h12-14H,5-11H2,1-4H3,(H2,19,20,21);1H. The van der Waals surface area contributed by atoms with Crippen LogP contribution in [-0.2, 0) is 4.74 Å². The maximum atomic E-state index is 5.77. The van der Waals surface area contributed by atoms with E-state index in [1.54, 1.807) is 7.05 Å². The first-order chi connectivity index (χ1) is 11.2. The molecule has 0 radical (unpaired) electrons. The Labute approximate surface area is 163 Å². The fraction of sp³-hybridized carbons (Fsp3) is 0.611. The van der Waals surface area contributed by atoms with Gasteiger partial charge in [0.05, 0.1) is 6.54 Å². The fourth-order valence-corrected chi connectivity index (χ4v) is 2.26. The molecule has 0 fully saturated rings. The van der Waals surface area contributed by atoms with Crippen LogP contribution in [0.5, 0.6) is 5.75 Å². The van der Waals surface area contributed by atoms with Gasteiger partial charge in [-0.15, -0.1) is 24.0 Å². The molecule has 0 heterocycles. The van der Waals surface area contributed by atoms with Crippen LogP contribution in [0.15, 0.2) is 23.2 Å². The van der Waals surface area contributed by atoms with E-state index in [-0.39, 0.29) is 24.0 Å². The number of unbranched alkanes of at least 4 members (excludes halogenated alkanes) is 1. The van der Waals surface area contributed by atoms with Crippen LogP contribution in [0.2, 0.25) is 0 Å². The molecule has 0 amide bonds. The maximum absolute atomic E-state index is 5.77. The average Bonchev–Trinajstić information content (AvgIpc) is 2.51. The van der Waals surface area contributed by atoms with Gasteiger partial charge in [-0.3, -0.25) is 4.99 Å². The van der Waals surface area contributed by atoms with E-state index in [1.165, 1.54) is 11.1 Å². The quantitative estimate of drug-likeness (QED) is 0.249. The van der Waals surface area contributed by atoms with Crippen LogP contribution in [0, 0.1) is 13.8 Å². The van der Waals surface area contributed by atoms with E-state index in [0.29, 0.717) is 13.2 Å². The summed E-state index contributed by atoms with van der Waals surface area (Å²) in [6.07, 6.45) is 2.13. The van der Waals surface area contributed by atoms with Crippen LogP contribution in [0.1, 0.15) is 30.9 Å². The number of guanidine groups is 1. The molecule has 1 rings (SSSR count). The number of aliphatic imine (C=N–C) groups is 1. The molecule has 24 heavy (non-hydrogen) atoms. The maximum Gasteiger partial charge on any atom is 0.191 e. The lowest BCUT2D eigenvalue weighted by molar-refractivity contribution is 0.143. The zero-order chi connectivity index (χ0) is 16.9.